The van der Waals surface area contributed by atoms with Gasteiger partial charge in [0, 0.05) is 12.3 Å². The van der Waals surface area contributed by atoms with E-state index < -0.39 is 11.8 Å². The van der Waals surface area contributed by atoms with Crippen molar-refractivity contribution in [1.82, 2.24) is 10.7 Å². The topological polar surface area (TPSA) is 109 Å². The van der Waals surface area contributed by atoms with Crippen molar-refractivity contribution in [2.24, 2.45) is 5.10 Å². The molecule has 8 heteroatoms. The monoisotopic (exact) mass is 348 g/mol. The summed E-state index contributed by atoms with van der Waals surface area (Å²) in [7, 11) is 1.47. The highest BCUT2D eigenvalue weighted by atomic mass is 16.5. The van der Waals surface area contributed by atoms with Crippen LogP contribution in [-0.2, 0) is 14.4 Å². The number of benzene rings is 1. The van der Waals surface area contributed by atoms with Crippen molar-refractivity contribution >= 4 is 29.1 Å². The first-order chi connectivity index (χ1) is 11.9. The van der Waals surface area contributed by atoms with E-state index in [1.54, 1.807) is 19.1 Å². The van der Waals surface area contributed by atoms with Gasteiger partial charge in [0.1, 0.15) is 5.75 Å². The van der Waals surface area contributed by atoms with Gasteiger partial charge in [-0.15, -0.1) is 0 Å². The zero-order valence-electron chi connectivity index (χ0n) is 14.9. The molecule has 3 N–H and O–H groups in total. The lowest BCUT2D eigenvalue weighted by Gasteiger charge is -2.10. The van der Waals surface area contributed by atoms with Crippen LogP contribution in [0, 0.1) is 6.92 Å². The molecule has 0 aromatic heterocycles. The normalized spacial score (nSPS) is 10.8. The van der Waals surface area contributed by atoms with Crippen LogP contribution < -0.4 is 20.8 Å². The standard InChI is InChI=1S/C17H24N4O4/c1-5-8-18-15(22)10-12(3)20-21-17(24)16(23)19-13-9-11(2)6-7-14(13)25-4/h6-7,9H,5,8,10H2,1-4H3,(H,18,22)(H,19,23)(H,21,24)/b20-12-. The van der Waals surface area contributed by atoms with Gasteiger partial charge in [-0.2, -0.15) is 5.10 Å². The van der Waals surface area contributed by atoms with Gasteiger partial charge in [-0.3, -0.25) is 14.4 Å². The zero-order valence-corrected chi connectivity index (χ0v) is 14.9. The summed E-state index contributed by atoms with van der Waals surface area (Å²) in [6, 6.07) is 5.21. The second-order valence-electron chi connectivity index (χ2n) is 5.47. The molecular formula is C17H24N4O4. The fraction of sp³-hybridized carbons (Fsp3) is 0.412. The van der Waals surface area contributed by atoms with Gasteiger partial charge < -0.3 is 15.4 Å². The molecule has 3 amide bonds. The Morgan fingerprint density at radius 3 is 2.56 bits per heavy atom. The van der Waals surface area contributed by atoms with E-state index in [4.69, 9.17) is 4.74 Å². The molecular weight excluding hydrogens is 324 g/mol. The maximum absolute atomic E-state index is 11.9. The number of anilines is 1. The number of ether oxygens (including phenoxy) is 1. The van der Waals surface area contributed by atoms with Crippen molar-refractivity contribution in [3.63, 3.8) is 0 Å². The first-order valence-corrected chi connectivity index (χ1v) is 7.93. The van der Waals surface area contributed by atoms with Crippen LogP contribution in [0.4, 0.5) is 5.69 Å². The summed E-state index contributed by atoms with van der Waals surface area (Å²) in [6.07, 6.45) is 0.884. The van der Waals surface area contributed by atoms with Crippen molar-refractivity contribution in [3.8, 4) is 5.75 Å². The minimum Gasteiger partial charge on any atom is -0.495 e. The molecule has 0 aliphatic rings. The van der Waals surface area contributed by atoms with Crippen LogP contribution in [0.25, 0.3) is 0 Å². The van der Waals surface area contributed by atoms with Gasteiger partial charge in [-0.25, -0.2) is 5.43 Å². The lowest BCUT2D eigenvalue weighted by molar-refractivity contribution is -0.136. The molecule has 136 valence electrons. The van der Waals surface area contributed by atoms with E-state index >= 15 is 0 Å². The molecule has 0 saturated heterocycles. The van der Waals surface area contributed by atoms with Gasteiger partial charge in [0.15, 0.2) is 0 Å². The summed E-state index contributed by atoms with van der Waals surface area (Å²) in [6.45, 7) is 5.97. The summed E-state index contributed by atoms with van der Waals surface area (Å²) in [5.74, 6) is -1.56. The number of carbonyl (C=O) groups excluding carboxylic acids is 3. The number of nitrogens with zero attached hydrogens (tertiary/aromatic N) is 1. The van der Waals surface area contributed by atoms with Crippen LogP contribution in [0.1, 0.15) is 32.3 Å². The molecule has 0 bridgehead atoms. The molecule has 1 aromatic rings. The van der Waals surface area contributed by atoms with Gasteiger partial charge in [-0.05, 0) is 38.0 Å². The molecule has 0 heterocycles. The summed E-state index contributed by atoms with van der Waals surface area (Å²) < 4.78 is 5.14. The molecule has 0 spiro atoms. The minimum absolute atomic E-state index is 0.0492. The van der Waals surface area contributed by atoms with Crippen molar-refractivity contribution < 1.29 is 19.1 Å². The summed E-state index contributed by atoms with van der Waals surface area (Å²) >= 11 is 0. The van der Waals surface area contributed by atoms with E-state index in [2.05, 4.69) is 21.2 Å². The van der Waals surface area contributed by atoms with E-state index in [1.807, 2.05) is 19.9 Å². The van der Waals surface area contributed by atoms with Crippen LogP contribution in [0.2, 0.25) is 0 Å². The smallest absolute Gasteiger partial charge is 0.329 e. The van der Waals surface area contributed by atoms with Gasteiger partial charge in [0.25, 0.3) is 0 Å². The Kier molecular flexibility index (Phi) is 8.11. The lowest BCUT2D eigenvalue weighted by atomic mass is 10.2. The molecule has 25 heavy (non-hydrogen) atoms. The molecule has 0 aliphatic carbocycles. The van der Waals surface area contributed by atoms with Crippen molar-refractivity contribution in [2.45, 2.75) is 33.6 Å². The fourth-order valence-corrected chi connectivity index (χ4v) is 1.89. The van der Waals surface area contributed by atoms with E-state index in [0.717, 1.165) is 12.0 Å². The van der Waals surface area contributed by atoms with Crippen LogP contribution in [0.15, 0.2) is 23.3 Å². The highest BCUT2D eigenvalue weighted by molar-refractivity contribution is 6.39. The van der Waals surface area contributed by atoms with Crippen molar-refractivity contribution in [3.05, 3.63) is 23.8 Å². The highest BCUT2D eigenvalue weighted by Gasteiger charge is 2.16. The van der Waals surface area contributed by atoms with Crippen LogP contribution in [0.5, 0.6) is 5.75 Å². The SMILES string of the molecule is CCCNC(=O)C/C(C)=N\NC(=O)C(=O)Nc1cc(C)ccc1OC. The Bertz CT molecular complexity index is 671. The summed E-state index contributed by atoms with van der Waals surface area (Å²) in [4.78, 5) is 35.3. The first kappa shape index (κ1) is 20.1. The maximum atomic E-state index is 11.9. The third-order valence-corrected chi connectivity index (χ3v) is 3.15. The number of carbonyl (C=O) groups is 3. The Labute approximate surface area is 147 Å². The summed E-state index contributed by atoms with van der Waals surface area (Å²) in [5, 5.41) is 8.93. The zero-order chi connectivity index (χ0) is 18.8. The van der Waals surface area contributed by atoms with Crippen LogP contribution in [0.3, 0.4) is 0 Å². The first-order valence-electron chi connectivity index (χ1n) is 7.93. The van der Waals surface area contributed by atoms with Crippen molar-refractivity contribution in [2.75, 3.05) is 19.0 Å². The number of methoxy groups -OCH3 is 1. The molecule has 8 nitrogen and oxygen atoms in total. The van der Waals surface area contributed by atoms with Crippen molar-refractivity contribution in [1.29, 1.82) is 0 Å². The maximum Gasteiger partial charge on any atom is 0.329 e. The van der Waals surface area contributed by atoms with Gasteiger partial charge in [-0.1, -0.05) is 13.0 Å². The van der Waals surface area contributed by atoms with Gasteiger partial charge in [0.05, 0.1) is 19.2 Å². The van der Waals surface area contributed by atoms with E-state index in [1.165, 1.54) is 7.11 Å². The van der Waals surface area contributed by atoms with Gasteiger partial charge in [0.2, 0.25) is 5.91 Å². The molecule has 1 aromatic carbocycles. The Morgan fingerprint density at radius 2 is 1.92 bits per heavy atom. The third-order valence-electron chi connectivity index (χ3n) is 3.15. The number of hydrazone groups is 1. The highest BCUT2D eigenvalue weighted by Crippen LogP contribution is 2.24. The van der Waals surface area contributed by atoms with Gasteiger partial charge >= 0.3 is 11.8 Å². The fourth-order valence-electron chi connectivity index (χ4n) is 1.89. The molecule has 0 atom stereocenters. The molecule has 0 radical (unpaired) electrons. The predicted octanol–water partition coefficient (Wildman–Crippen LogP) is 1.35. The Balaban J connectivity index is 2.60. The number of nitrogens with one attached hydrogen (secondary N) is 3. The summed E-state index contributed by atoms with van der Waals surface area (Å²) in [5.41, 5.74) is 3.82. The Morgan fingerprint density at radius 1 is 1.20 bits per heavy atom. The number of hydrogen-bond donors (Lipinski definition) is 3. The average molecular weight is 348 g/mol. The second-order valence-corrected chi connectivity index (χ2v) is 5.47. The van der Waals surface area contributed by atoms with E-state index in [9.17, 15) is 14.4 Å². The number of aryl methyl sites for hydroxylation is 1. The van der Waals surface area contributed by atoms with E-state index in [0.29, 0.717) is 23.7 Å². The second kappa shape index (κ2) is 10.1. The molecule has 0 fully saturated rings. The molecule has 0 unspecified atom stereocenters. The average Bonchev–Trinajstić information content (AvgIpc) is 2.58. The minimum atomic E-state index is -0.933. The number of amides is 3. The number of hydrogen-bond acceptors (Lipinski definition) is 5. The third kappa shape index (κ3) is 7.03. The molecule has 1 rings (SSSR count). The van der Waals surface area contributed by atoms with E-state index in [-0.39, 0.29) is 12.3 Å². The Hall–Kier alpha value is -2.90. The quantitative estimate of drug-likeness (QED) is 0.392. The number of rotatable bonds is 7. The molecule has 0 aliphatic heterocycles. The van der Waals surface area contributed by atoms with Crippen LogP contribution >= 0.6 is 0 Å². The molecule has 0 saturated carbocycles. The van der Waals surface area contributed by atoms with Crippen LogP contribution in [-0.4, -0.2) is 37.1 Å². The lowest BCUT2D eigenvalue weighted by Crippen LogP contribution is -2.33. The predicted molar refractivity (Wildman–Crippen MR) is 95.5 cm³/mol. The largest absolute Gasteiger partial charge is 0.495 e.